The highest BCUT2D eigenvalue weighted by atomic mass is 19.4. The van der Waals surface area contributed by atoms with Crippen LogP contribution in [0.4, 0.5) is 18.9 Å². The third-order valence-corrected chi connectivity index (χ3v) is 2.21. The van der Waals surface area contributed by atoms with Crippen molar-refractivity contribution in [2.24, 2.45) is 0 Å². The van der Waals surface area contributed by atoms with E-state index in [1.54, 1.807) is 19.1 Å². The lowest BCUT2D eigenvalue weighted by molar-refractivity contribution is -0.141. The molecular weight excluding hydrogens is 235 g/mol. The van der Waals surface area contributed by atoms with Crippen molar-refractivity contribution in [3.8, 4) is 0 Å². The van der Waals surface area contributed by atoms with Crippen LogP contribution in [0.5, 0.6) is 0 Å². The van der Waals surface area contributed by atoms with Gasteiger partial charge in [0.1, 0.15) is 6.61 Å². The van der Waals surface area contributed by atoms with E-state index < -0.39 is 25.2 Å². The van der Waals surface area contributed by atoms with Gasteiger partial charge in [-0.05, 0) is 24.6 Å². The average molecular weight is 247 g/mol. The largest absolute Gasteiger partial charge is 0.462 e. The fourth-order valence-corrected chi connectivity index (χ4v) is 1.21. The van der Waals surface area contributed by atoms with Crippen molar-refractivity contribution >= 4 is 11.7 Å². The fraction of sp³-hybridized carbons (Fsp3) is 0.364. The van der Waals surface area contributed by atoms with E-state index in [2.05, 4.69) is 4.74 Å². The van der Waals surface area contributed by atoms with Crippen LogP contribution in [0, 0.1) is 6.92 Å². The third kappa shape index (κ3) is 3.97. The Bertz CT molecular complexity index is 416. The fourth-order valence-electron chi connectivity index (χ4n) is 1.21. The van der Waals surface area contributed by atoms with Crippen LogP contribution in [0.1, 0.15) is 22.3 Å². The van der Waals surface area contributed by atoms with Crippen LogP contribution in [0.15, 0.2) is 18.2 Å². The number of anilines is 1. The number of esters is 1. The van der Waals surface area contributed by atoms with E-state index in [0.717, 1.165) is 0 Å². The van der Waals surface area contributed by atoms with Gasteiger partial charge in [0.05, 0.1) is 12.0 Å². The Morgan fingerprint density at radius 1 is 1.41 bits per heavy atom. The van der Waals surface area contributed by atoms with Crippen molar-refractivity contribution in [2.75, 3.05) is 12.3 Å². The van der Waals surface area contributed by atoms with E-state index in [1.165, 1.54) is 6.07 Å². The molecule has 2 N–H and O–H groups in total. The number of carbonyl (C=O) groups excluding carboxylic acids is 1. The van der Waals surface area contributed by atoms with Gasteiger partial charge in [-0.3, -0.25) is 0 Å². The molecule has 0 fully saturated rings. The molecule has 3 nitrogen and oxygen atoms in total. The van der Waals surface area contributed by atoms with Crippen LogP contribution >= 0.6 is 0 Å². The number of ether oxygens (including phenoxy) is 1. The van der Waals surface area contributed by atoms with Gasteiger partial charge in [-0.25, -0.2) is 4.79 Å². The van der Waals surface area contributed by atoms with Gasteiger partial charge in [0.2, 0.25) is 0 Å². The predicted molar refractivity (Wildman–Crippen MR) is 56.5 cm³/mol. The maximum Gasteiger partial charge on any atom is 0.392 e. The lowest BCUT2D eigenvalue weighted by Gasteiger charge is -2.09. The van der Waals surface area contributed by atoms with Crippen molar-refractivity contribution in [2.45, 2.75) is 19.5 Å². The van der Waals surface area contributed by atoms with Gasteiger partial charge in [0, 0.05) is 5.69 Å². The van der Waals surface area contributed by atoms with E-state index in [4.69, 9.17) is 5.73 Å². The van der Waals surface area contributed by atoms with Gasteiger partial charge >= 0.3 is 12.1 Å². The van der Waals surface area contributed by atoms with Crippen LogP contribution in [0.3, 0.4) is 0 Å². The lowest BCUT2D eigenvalue weighted by atomic mass is 10.1. The number of carbonyl (C=O) groups is 1. The second-order valence-corrected chi connectivity index (χ2v) is 3.52. The monoisotopic (exact) mass is 247 g/mol. The molecule has 0 unspecified atom stereocenters. The molecule has 94 valence electrons. The zero-order chi connectivity index (χ0) is 13.1. The minimum Gasteiger partial charge on any atom is -0.462 e. The first kappa shape index (κ1) is 13.3. The minimum absolute atomic E-state index is 0.187. The first-order valence-corrected chi connectivity index (χ1v) is 4.90. The summed E-state index contributed by atoms with van der Waals surface area (Å²) in [6.07, 6.45) is -5.48. The number of rotatable bonds is 3. The zero-order valence-electron chi connectivity index (χ0n) is 9.17. The van der Waals surface area contributed by atoms with E-state index in [0.29, 0.717) is 11.3 Å². The molecule has 0 heterocycles. The van der Waals surface area contributed by atoms with Gasteiger partial charge < -0.3 is 10.5 Å². The highest BCUT2D eigenvalue weighted by molar-refractivity contribution is 5.92. The van der Waals surface area contributed by atoms with Crippen LogP contribution in [-0.2, 0) is 4.74 Å². The molecule has 0 aliphatic heterocycles. The van der Waals surface area contributed by atoms with Crippen molar-refractivity contribution in [3.63, 3.8) is 0 Å². The summed E-state index contributed by atoms with van der Waals surface area (Å²) < 4.78 is 40.0. The molecule has 0 saturated carbocycles. The summed E-state index contributed by atoms with van der Waals surface area (Å²) in [7, 11) is 0. The third-order valence-electron chi connectivity index (χ3n) is 2.21. The van der Waals surface area contributed by atoms with Crippen molar-refractivity contribution < 1.29 is 22.7 Å². The minimum atomic E-state index is -4.33. The van der Waals surface area contributed by atoms with Crippen molar-refractivity contribution in [3.05, 3.63) is 29.3 Å². The molecule has 6 heteroatoms. The van der Waals surface area contributed by atoms with Gasteiger partial charge in [0.15, 0.2) is 0 Å². The van der Waals surface area contributed by atoms with Gasteiger partial charge in [-0.1, -0.05) is 6.07 Å². The Morgan fingerprint density at radius 2 is 2.06 bits per heavy atom. The average Bonchev–Trinajstić information content (AvgIpc) is 2.20. The number of nitrogens with two attached hydrogens (primary N) is 1. The Balaban J connectivity index is 2.62. The molecule has 1 rings (SSSR count). The molecule has 0 spiro atoms. The number of benzene rings is 1. The van der Waals surface area contributed by atoms with Crippen LogP contribution in [0.2, 0.25) is 0 Å². The molecular formula is C11H12F3NO2. The molecule has 0 saturated heterocycles. The molecule has 0 amide bonds. The van der Waals surface area contributed by atoms with Crippen LogP contribution in [0.25, 0.3) is 0 Å². The molecule has 1 aromatic rings. The number of hydrogen-bond acceptors (Lipinski definition) is 3. The van der Waals surface area contributed by atoms with Crippen molar-refractivity contribution in [1.82, 2.24) is 0 Å². The quantitative estimate of drug-likeness (QED) is 0.660. The zero-order valence-corrected chi connectivity index (χ0v) is 9.17. The number of halogens is 3. The van der Waals surface area contributed by atoms with Crippen LogP contribution in [-0.4, -0.2) is 18.8 Å². The molecule has 1 aromatic carbocycles. The first-order chi connectivity index (χ1) is 7.81. The highest BCUT2D eigenvalue weighted by Crippen LogP contribution is 2.20. The second-order valence-electron chi connectivity index (χ2n) is 3.52. The summed E-state index contributed by atoms with van der Waals surface area (Å²) in [5.74, 6) is -0.793. The number of hydrogen-bond donors (Lipinski definition) is 1. The molecule has 0 radical (unpaired) electrons. The van der Waals surface area contributed by atoms with Gasteiger partial charge in [0.25, 0.3) is 0 Å². The van der Waals surface area contributed by atoms with Gasteiger partial charge in [-0.2, -0.15) is 13.2 Å². The molecule has 0 aromatic heterocycles. The molecule has 0 bridgehead atoms. The smallest absolute Gasteiger partial charge is 0.392 e. The summed E-state index contributed by atoms with van der Waals surface area (Å²) in [6, 6.07) is 4.60. The molecule has 0 aliphatic carbocycles. The van der Waals surface area contributed by atoms with E-state index >= 15 is 0 Å². The standard InChI is InChI=1S/C11H12F3NO2/c1-7-8(3-2-4-9(7)15)10(16)17-6-5-11(12,13)14/h2-4H,5-6,15H2,1H3. The van der Waals surface area contributed by atoms with Crippen molar-refractivity contribution in [1.29, 1.82) is 0 Å². The Morgan fingerprint density at radius 3 is 2.65 bits per heavy atom. The normalized spacial score (nSPS) is 11.3. The Hall–Kier alpha value is -1.72. The van der Waals surface area contributed by atoms with E-state index in [1.807, 2.05) is 0 Å². The maximum atomic E-state index is 11.8. The molecule has 17 heavy (non-hydrogen) atoms. The number of alkyl halides is 3. The summed E-state index contributed by atoms with van der Waals surface area (Å²) in [5, 5.41) is 0. The molecule has 0 aliphatic rings. The predicted octanol–water partition coefficient (Wildman–Crippen LogP) is 2.69. The maximum absolute atomic E-state index is 11.8. The summed E-state index contributed by atoms with van der Waals surface area (Å²) in [6.45, 7) is 0.923. The first-order valence-electron chi connectivity index (χ1n) is 4.90. The van der Waals surface area contributed by atoms with E-state index in [9.17, 15) is 18.0 Å². The van der Waals surface area contributed by atoms with Gasteiger partial charge in [-0.15, -0.1) is 0 Å². The summed E-state index contributed by atoms with van der Waals surface area (Å²) >= 11 is 0. The Kier molecular flexibility index (Phi) is 3.98. The Labute approximate surface area is 96.4 Å². The summed E-state index contributed by atoms with van der Waals surface area (Å²) in [4.78, 5) is 11.5. The number of nitrogen functional groups attached to an aromatic ring is 1. The molecule has 0 atom stereocenters. The highest BCUT2D eigenvalue weighted by Gasteiger charge is 2.27. The SMILES string of the molecule is Cc1c(N)cccc1C(=O)OCCC(F)(F)F. The second kappa shape index (κ2) is 5.07. The van der Waals surface area contributed by atoms with Crippen LogP contribution < -0.4 is 5.73 Å². The topological polar surface area (TPSA) is 52.3 Å². The summed E-state index contributed by atoms with van der Waals surface area (Å²) in [5.41, 5.74) is 6.66. The lowest BCUT2D eigenvalue weighted by Crippen LogP contribution is -2.15. The van der Waals surface area contributed by atoms with E-state index in [-0.39, 0.29) is 5.56 Å².